The van der Waals surface area contributed by atoms with Crippen molar-refractivity contribution >= 4 is 29.8 Å². The number of carbonyl (C=O) groups is 5. The van der Waals surface area contributed by atoms with E-state index in [0.717, 1.165) is 12.0 Å². The van der Waals surface area contributed by atoms with Gasteiger partial charge in [-0.15, -0.1) is 13.0 Å². The van der Waals surface area contributed by atoms with Crippen molar-refractivity contribution in [2.75, 3.05) is 20.2 Å². The van der Waals surface area contributed by atoms with Gasteiger partial charge in [0.1, 0.15) is 24.2 Å². The quantitative estimate of drug-likeness (QED) is 0.230. The third-order valence-corrected chi connectivity index (χ3v) is 4.61. The summed E-state index contributed by atoms with van der Waals surface area (Å²) in [4.78, 5) is 63.7. The van der Waals surface area contributed by atoms with E-state index in [1.165, 1.54) is 6.08 Å². The van der Waals surface area contributed by atoms with Gasteiger partial charge in [0, 0.05) is 12.1 Å². The first-order valence-electron chi connectivity index (χ1n) is 10.9. The molecule has 0 aromatic heterocycles. The van der Waals surface area contributed by atoms with Crippen LogP contribution in [0.5, 0.6) is 0 Å². The summed E-state index contributed by atoms with van der Waals surface area (Å²) in [6, 6.07) is 3.57. The van der Waals surface area contributed by atoms with Crippen molar-refractivity contribution < 1.29 is 33.4 Å². The summed E-state index contributed by atoms with van der Waals surface area (Å²) in [5.41, 5.74) is 5.02. The zero-order chi connectivity index (χ0) is 27.5. The number of rotatable bonds is 11. The summed E-state index contributed by atoms with van der Waals surface area (Å²) in [6.45, 7) is 7.86. The van der Waals surface area contributed by atoms with E-state index in [1.54, 1.807) is 45.0 Å². The van der Waals surface area contributed by atoms with E-state index in [0.29, 0.717) is 5.56 Å². The molecular weight excluding hydrogens is 468 g/mol. The lowest BCUT2D eigenvalue weighted by molar-refractivity contribution is -0.144. The number of carbonyl (C=O) groups excluding carboxylic acids is 5. The lowest BCUT2D eigenvalue weighted by atomic mass is 9.97. The first kappa shape index (κ1) is 29.7. The third-order valence-electron chi connectivity index (χ3n) is 4.61. The van der Waals surface area contributed by atoms with Crippen molar-refractivity contribution in [1.29, 1.82) is 0 Å². The zero-order valence-corrected chi connectivity index (χ0v) is 20.8. The number of benzene rings is 1. The number of ether oxygens (including phenoxy) is 2. The fraction of sp³-hybridized carbons (Fsp3) is 0.400. The number of amides is 4. The lowest BCUT2D eigenvalue weighted by Gasteiger charge is -2.34. The van der Waals surface area contributed by atoms with Gasteiger partial charge in [0.05, 0.1) is 13.5 Å². The van der Waals surface area contributed by atoms with Crippen LogP contribution < -0.4 is 16.4 Å². The molecular formula is C25H32N4O7. The maximum atomic E-state index is 13.7. The molecule has 1 aromatic rings. The smallest absolute Gasteiger partial charge is 0.408 e. The van der Waals surface area contributed by atoms with E-state index in [4.69, 9.17) is 16.9 Å². The lowest BCUT2D eigenvalue weighted by Crippen LogP contribution is -2.54. The second-order valence-corrected chi connectivity index (χ2v) is 8.58. The van der Waals surface area contributed by atoms with Crippen LogP contribution in [0.4, 0.5) is 4.79 Å². The molecule has 11 heteroatoms. The molecule has 11 nitrogen and oxygen atoms in total. The van der Waals surface area contributed by atoms with E-state index < -0.39 is 60.4 Å². The van der Waals surface area contributed by atoms with Crippen LogP contribution in [0.15, 0.2) is 36.9 Å². The standard InChI is InChI=1S/C25H32N4O7/c1-7-13-29(23(33)18(14-19(26)30)28-24(34)36-25(3,4)5)21(22(32)27-15-20(31)35-6)17-12-10-9-11-16(17)8-2/h2,7,9-12,18,21H,1,13-15H2,3-6H3,(H2,26,30)(H,27,32)(H,28,34). The van der Waals surface area contributed by atoms with Gasteiger partial charge in [-0.25, -0.2) is 4.79 Å². The van der Waals surface area contributed by atoms with Crippen LogP contribution in [0.2, 0.25) is 0 Å². The van der Waals surface area contributed by atoms with Crippen LogP contribution in [0.3, 0.4) is 0 Å². The van der Waals surface area contributed by atoms with E-state index in [-0.39, 0.29) is 12.1 Å². The molecule has 2 unspecified atom stereocenters. The number of hydrogen-bond donors (Lipinski definition) is 3. The summed E-state index contributed by atoms with van der Waals surface area (Å²) >= 11 is 0. The Morgan fingerprint density at radius 2 is 1.86 bits per heavy atom. The van der Waals surface area contributed by atoms with Crippen LogP contribution in [-0.4, -0.2) is 66.5 Å². The number of esters is 1. The Balaban J connectivity index is 3.53. The molecule has 0 aliphatic carbocycles. The highest BCUT2D eigenvalue weighted by atomic mass is 16.6. The van der Waals surface area contributed by atoms with Crippen molar-refractivity contribution in [3.05, 3.63) is 48.0 Å². The first-order chi connectivity index (χ1) is 16.8. The normalized spacial score (nSPS) is 12.2. The number of hydrogen-bond acceptors (Lipinski definition) is 7. The van der Waals surface area contributed by atoms with Gasteiger partial charge in [-0.2, -0.15) is 0 Å². The molecule has 0 aliphatic rings. The molecule has 4 amide bonds. The number of nitrogens with one attached hydrogen (secondary N) is 2. The Morgan fingerprint density at radius 3 is 2.39 bits per heavy atom. The zero-order valence-electron chi connectivity index (χ0n) is 20.8. The highest BCUT2D eigenvalue weighted by Crippen LogP contribution is 2.26. The largest absolute Gasteiger partial charge is 0.468 e. The topological polar surface area (TPSA) is 157 Å². The SMILES string of the molecule is C#Cc1ccccc1C(C(=O)NCC(=O)OC)N(CC=C)C(=O)C(CC(N)=O)NC(=O)OC(C)(C)C. The second-order valence-electron chi connectivity index (χ2n) is 8.58. The number of terminal acetylenes is 1. The molecule has 194 valence electrons. The molecule has 0 radical (unpaired) electrons. The van der Waals surface area contributed by atoms with E-state index in [2.05, 4.69) is 27.9 Å². The van der Waals surface area contributed by atoms with Gasteiger partial charge in [-0.1, -0.05) is 30.2 Å². The molecule has 4 N–H and O–H groups in total. The van der Waals surface area contributed by atoms with E-state index in [1.807, 2.05) is 0 Å². The van der Waals surface area contributed by atoms with Crippen molar-refractivity contribution in [2.45, 2.75) is 44.9 Å². The number of methoxy groups -OCH3 is 1. The van der Waals surface area contributed by atoms with Gasteiger partial charge in [0.2, 0.25) is 17.7 Å². The average Bonchev–Trinajstić information content (AvgIpc) is 2.80. The minimum absolute atomic E-state index is 0.181. The molecule has 0 heterocycles. The predicted octanol–water partition coefficient (Wildman–Crippen LogP) is 0.782. The molecule has 1 rings (SSSR count). The molecule has 0 aliphatic heterocycles. The van der Waals surface area contributed by atoms with Crippen molar-refractivity contribution in [3.63, 3.8) is 0 Å². The molecule has 0 spiro atoms. The van der Waals surface area contributed by atoms with Gasteiger partial charge < -0.3 is 30.7 Å². The van der Waals surface area contributed by atoms with Gasteiger partial charge in [-0.05, 0) is 32.4 Å². The third kappa shape index (κ3) is 9.13. The van der Waals surface area contributed by atoms with E-state index in [9.17, 15) is 24.0 Å². The van der Waals surface area contributed by atoms with Crippen LogP contribution in [0.25, 0.3) is 0 Å². The van der Waals surface area contributed by atoms with Crippen molar-refractivity contribution in [3.8, 4) is 12.3 Å². The Bertz CT molecular complexity index is 1040. The highest BCUT2D eigenvalue weighted by Gasteiger charge is 2.37. The molecule has 0 fully saturated rings. The molecule has 2 atom stereocenters. The fourth-order valence-electron chi connectivity index (χ4n) is 3.16. The Hall–Kier alpha value is -4.33. The monoisotopic (exact) mass is 500 g/mol. The first-order valence-corrected chi connectivity index (χ1v) is 10.9. The Morgan fingerprint density at radius 1 is 1.22 bits per heavy atom. The van der Waals surface area contributed by atoms with Crippen molar-refractivity contribution in [2.24, 2.45) is 5.73 Å². The summed E-state index contributed by atoms with van der Waals surface area (Å²) in [6.07, 6.45) is 5.44. The highest BCUT2D eigenvalue weighted by molar-refractivity contribution is 5.95. The van der Waals surface area contributed by atoms with Gasteiger partial charge in [-0.3, -0.25) is 19.2 Å². The van der Waals surface area contributed by atoms with E-state index >= 15 is 0 Å². The predicted molar refractivity (Wildman–Crippen MR) is 131 cm³/mol. The fourth-order valence-corrected chi connectivity index (χ4v) is 3.16. The molecule has 0 bridgehead atoms. The van der Waals surface area contributed by atoms with Gasteiger partial charge in [0.15, 0.2) is 0 Å². The minimum atomic E-state index is -1.47. The maximum absolute atomic E-state index is 13.7. The van der Waals surface area contributed by atoms with Gasteiger partial charge in [0.25, 0.3) is 0 Å². The summed E-state index contributed by atoms with van der Waals surface area (Å²) < 4.78 is 9.75. The number of alkyl carbamates (subject to hydrolysis) is 1. The van der Waals surface area contributed by atoms with Crippen molar-refractivity contribution in [1.82, 2.24) is 15.5 Å². The maximum Gasteiger partial charge on any atom is 0.408 e. The Labute approximate surface area is 210 Å². The number of primary amides is 1. The molecule has 0 saturated heterocycles. The van der Waals surface area contributed by atoms with Crippen LogP contribution in [0.1, 0.15) is 44.4 Å². The van der Waals surface area contributed by atoms with Crippen LogP contribution in [-0.2, 0) is 28.7 Å². The van der Waals surface area contributed by atoms with Gasteiger partial charge >= 0.3 is 12.1 Å². The molecule has 0 saturated carbocycles. The van der Waals surface area contributed by atoms with Crippen LogP contribution in [0, 0.1) is 12.3 Å². The molecule has 36 heavy (non-hydrogen) atoms. The van der Waals surface area contributed by atoms with Crippen LogP contribution >= 0.6 is 0 Å². The number of nitrogens with two attached hydrogens (primary N) is 1. The minimum Gasteiger partial charge on any atom is -0.468 e. The average molecular weight is 501 g/mol. The summed E-state index contributed by atoms with van der Waals surface area (Å²) in [7, 11) is 1.16. The number of nitrogens with zero attached hydrogens (tertiary/aromatic N) is 1. The molecule has 1 aromatic carbocycles. The second kappa shape index (κ2) is 13.5. The summed E-state index contributed by atoms with van der Waals surface area (Å²) in [5.74, 6) is -0.714. The Kier molecular flexibility index (Phi) is 11.2. The summed E-state index contributed by atoms with van der Waals surface area (Å²) in [5, 5.41) is 4.76.